The Hall–Kier alpha value is -0.650. The van der Waals surface area contributed by atoms with Crippen LogP contribution in [0.1, 0.15) is 31.7 Å². The lowest BCUT2D eigenvalue weighted by atomic mass is 9.94. The highest BCUT2D eigenvalue weighted by molar-refractivity contribution is 14.1. The second-order valence-electron chi connectivity index (χ2n) is 3.86. The van der Waals surface area contributed by atoms with E-state index in [0.717, 1.165) is 16.4 Å². The Labute approximate surface area is 102 Å². The van der Waals surface area contributed by atoms with Crippen LogP contribution in [0.15, 0.2) is 23.1 Å². The molecule has 1 aliphatic rings. The number of hydrogen-bond donors (Lipinski definition) is 0. The Balaban J connectivity index is 2.26. The summed E-state index contributed by atoms with van der Waals surface area (Å²) in [5.74, 6) is 0.324. The van der Waals surface area contributed by atoms with Crippen molar-refractivity contribution in [3.8, 4) is 0 Å². The van der Waals surface area contributed by atoms with Crippen molar-refractivity contribution < 1.29 is 4.79 Å². The molecule has 0 aliphatic heterocycles. The Kier molecular flexibility index (Phi) is 3.23. The zero-order valence-corrected chi connectivity index (χ0v) is 10.4. The predicted octanol–water partition coefficient (Wildman–Crippen LogP) is 2.14. The van der Waals surface area contributed by atoms with E-state index in [4.69, 9.17) is 0 Å². The van der Waals surface area contributed by atoms with Crippen LogP contribution in [-0.4, -0.2) is 10.4 Å². The van der Waals surface area contributed by atoms with E-state index in [1.54, 1.807) is 10.6 Å². The first-order valence-corrected chi connectivity index (χ1v) is 6.14. The van der Waals surface area contributed by atoms with Crippen LogP contribution in [0.5, 0.6) is 0 Å². The molecular formula is C11H12INO2. The number of nitrogens with zero attached hydrogens (tertiary/aromatic N) is 1. The van der Waals surface area contributed by atoms with E-state index in [-0.39, 0.29) is 11.6 Å². The number of hydrogen-bond acceptors (Lipinski definition) is 2. The lowest BCUT2D eigenvalue weighted by Gasteiger charge is -2.23. The van der Waals surface area contributed by atoms with Gasteiger partial charge in [-0.1, -0.05) is 0 Å². The van der Waals surface area contributed by atoms with Gasteiger partial charge in [0.25, 0.3) is 5.56 Å². The number of carbonyl (C=O) groups excluding carboxylic acids is 1. The predicted molar refractivity (Wildman–Crippen MR) is 65.9 cm³/mol. The van der Waals surface area contributed by atoms with Crippen LogP contribution in [0.2, 0.25) is 0 Å². The highest BCUT2D eigenvalue weighted by Crippen LogP contribution is 2.25. The van der Waals surface area contributed by atoms with Gasteiger partial charge in [-0.05, 0) is 41.5 Å². The highest BCUT2D eigenvalue weighted by Gasteiger charge is 2.20. The Morgan fingerprint density at radius 1 is 1.20 bits per heavy atom. The molecule has 80 valence electrons. The topological polar surface area (TPSA) is 39.1 Å². The lowest BCUT2D eigenvalue weighted by molar-refractivity contribution is -0.120. The second kappa shape index (κ2) is 4.47. The molecule has 15 heavy (non-hydrogen) atoms. The van der Waals surface area contributed by atoms with Crippen LogP contribution in [0.25, 0.3) is 0 Å². The van der Waals surface area contributed by atoms with Crippen molar-refractivity contribution in [1.29, 1.82) is 0 Å². The van der Waals surface area contributed by atoms with Gasteiger partial charge in [0.2, 0.25) is 0 Å². The summed E-state index contributed by atoms with van der Waals surface area (Å²) in [5.41, 5.74) is 0.0368. The van der Waals surface area contributed by atoms with Crippen molar-refractivity contribution in [3.05, 3.63) is 32.3 Å². The molecule has 4 heteroatoms. The minimum atomic E-state index is 0.0368. The van der Waals surface area contributed by atoms with Crippen molar-refractivity contribution in [1.82, 2.24) is 4.57 Å². The quantitative estimate of drug-likeness (QED) is 0.745. The van der Waals surface area contributed by atoms with Gasteiger partial charge in [-0.25, -0.2) is 0 Å². The SMILES string of the molecule is O=C1CCC(n2cc(I)ccc2=O)CC1. The Morgan fingerprint density at radius 3 is 2.53 bits per heavy atom. The fraction of sp³-hybridized carbons (Fsp3) is 0.455. The molecule has 0 saturated heterocycles. The molecule has 0 N–H and O–H groups in total. The van der Waals surface area contributed by atoms with Gasteiger partial charge >= 0.3 is 0 Å². The van der Waals surface area contributed by atoms with E-state index >= 15 is 0 Å². The summed E-state index contributed by atoms with van der Waals surface area (Å²) in [6, 6.07) is 3.62. The summed E-state index contributed by atoms with van der Waals surface area (Å²) < 4.78 is 2.83. The maximum Gasteiger partial charge on any atom is 0.250 e. The summed E-state index contributed by atoms with van der Waals surface area (Å²) in [5, 5.41) is 0. The molecule has 1 aliphatic carbocycles. The molecule has 1 aromatic rings. The van der Waals surface area contributed by atoms with Gasteiger partial charge in [0.1, 0.15) is 5.78 Å². The maximum absolute atomic E-state index is 11.6. The number of Topliss-reactive ketones (excluding diaryl/α,β-unsaturated/α-hetero) is 1. The second-order valence-corrected chi connectivity index (χ2v) is 5.11. The molecule has 0 bridgehead atoms. The fourth-order valence-electron chi connectivity index (χ4n) is 1.96. The molecule has 1 fully saturated rings. The number of pyridine rings is 1. The molecule has 0 amide bonds. The van der Waals surface area contributed by atoms with Crippen LogP contribution in [0, 0.1) is 3.57 Å². The van der Waals surface area contributed by atoms with Crippen molar-refractivity contribution in [2.75, 3.05) is 0 Å². The number of aromatic nitrogens is 1. The number of carbonyl (C=O) groups is 1. The number of halogens is 1. The third-order valence-corrected chi connectivity index (χ3v) is 3.45. The Bertz CT molecular complexity index is 428. The van der Waals surface area contributed by atoms with E-state index in [2.05, 4.69) is 22.6 Å². The summed E-state index contributed by atoms with van der Waals surface area (Å²) in [6.07, 6.45) is 4.71. The van der Waals surface area contributed by atoms with E-state index < -0.39 is 0 Å². The summed E-state index contributed by atoms with van der Waals surface area (Å²) in [4.78, 5) is 22.7. The standard InChI is InChI=1S/C11H12INO2/c12-8-1-6-11(15)13(7-8)9-2-4-10(14)5-3-9/h1,6-7,9H,2-5H2. The van der Waals surface area contributed by atoms with E-state index in [1.165, 1.54) is 0 Å². The molecular weight excluding hydrogens is 305 g/mol. The van der Waals surface area contributed by atoms with Gasteiger partial charge in [-0.2, -0.15) is 0 Å². The van der Waals surface area contributed by atoms with Gasteiger partial charge < -0.3 is 4.57 Å². The molecule has 0 spiro atoms. The van der Waals surface area contributed by atoms with Crippen molar-refractivity contribution >= 4 is 28.4 Å². The van der Waals surface area contributed by atoms with Crippen LogP contribution < -0.4 is 5.56 Å². The smallest absolute Gasteiger partial charge is 0.250 e. The van der Waals surface area contributed by atoms with Gasteiger partial charge in [0, 0.05) is 34.7 Å². The van der Waals surface area contributed by atoms with Crippen molar-refractivity contribution in [2.24, 2.45) is 0 Å². The van der Waals surface area contributed by atoms with E-state index in [0.29, 0.717) is 18.6 Å². The molecule has 0 radical (unpaired) electrons. The normalized spacial score (nSPS) is 18.1. The van der Waals surface area contributed by atoms with Gasteiger partial charge in [0.15, 0.2) is 0 Å². The van der Waals surface area contributed by atoms with Crippen LogP contribution in [0.4, 0.5) is 0 Å². The van der Waals surface area contributed by atoms with E-state index in [1.807, 2.05) is 12.3 Å². The third kappa shape index (κ3) is 2.48. The highest BCUT2D eigenvalue weighted by atomic mass is 127. The zero-order valence-electron chi connectivity index (χ0n) is 8.28. The molecule has 2 rings (SSSR count). The van der Waals surface area contributed by atoms with Crippen LogP contribution in [0.3, 0.4) is 0 Å². The minimum Gasteiger partial charge on any atom is -0.311 e. The van der Waals surface area contributed by atoms with Crippen molar-refractivity contribution in [3.63, 3.8) is 0 Å². The van der Waals surface area contributed by atoms with Gasteiger partial charge in [-0.15, -0.1) is 0 Å². The average molecular weight is 317 g/mol. The molecule has 0 atom stereocenters. The molecule has 0 aromatic carbocycles. The molecule has 1 aromatic heterocycles. The van der Waals surface area contributed by atoms with Crippen molar-refractivity contribution in [2.45, 2.75) is 31.7 Å². The number of rotatable bonds is 1. The molecule has 1 heterocycles. The third-order valence-electron chi connectivity index (χ3n) is 2.81. The average Bonchev–Trinajstić information content (AvgIpc) is 2.23. The monoisotopic (exact) mass is 317 g/mol. The van der Waals surface area contributed by atoms with Gasteiger partial charge in [0.05, 0.1) is 0 Å². The lowest BCUT2D eigenvalue weighted by Crippen LogP contribution is -2.27. The van der Waals surface area contributed by atoms with Crippen LogP contribution in [-0.2, 0) is 4.79 Å². The molecule has 3 nitrogen and oxygen atoms in total. The summed E-state index contributed by atoms with van der Waals surface area (Å²) in [7, 11) is 0. The summed E-state index contributed by atoms with van der Waals surface area (Å²) >= 11 is 2.20. The summed E-state index contributed by atoms with van der Waals surface area (Å²) in [6.45, 7) is 0. The maximum atomic E-state index is 11.6. The zero-order chi connectivity index (χ0) is 10.8. The largest absolute Gasteiger partial charge is 0.311 e. The minimum absolute atomic E-state index is 0.0368. The first-order valence-electron chi connectivity index (χ1n) is 5.06. The molecule has 1 saturated carbocycles. The number of ketones is 1. The fourth-order valence-corrected chi connectivity index (χ4v) is 2.44. The van der Waals surface area contributed by atoms with Crippen LogP contribution >= 0.6 is 22.6 Å². The van der Waals surface area contributed by atoms with Gasteiger partial charge in [-0.3, -0.25) is 9.59 Å². The molecule has 0 unspecified atom stereocenters. The van der Waals surface area contributed by atoms with E-state index in [9.17, 15) is 9.59 Å². The first-order chi connectivity index (χ1) is 7.16. The Morgan fingerprint density at radius 2 is 1.87 bits per heavy atom. The first kappa shape index (κ1) is 10.9.